The molecule has 0 aromatic heterocycles. The van der Waals surface area contributed by atoms with Crippen molar-refractivity contribution in [2.75, 3.05) is 19.1 Å². The van der Waals surface area contributed by atoms with Gasteiger partial charge in [0.2, 0.25) is 5.60 Å². The fourth-order valence-corrected chi connectivity index (χ4v) is 4.66. The lowest BCUT2D eigenvalue weighted by molar-refractivity contribution is -0.144. The molecule has 40 heavy (non-hydrogen) atoms. The first-order chi connectivity index (χ1) is 19.2. The minimum absolute atomic E-state index is 0.106. The van der Waals surface area contributed by atoms with Gasteiger partial charge in [0.15, 0.2) is 6.23 Å². The lowest BCUT2D eigenvalue weighted by atomic mass is 9.83. The minimum Gasteiger partial charge on any atom is -0.465 e. The van der Waals surface area contributed by atoms with Gasteiger partial charge in [-0.3, -0.25) is 0 Å². The molecular weight excluding hydrogens is 504 g/mol. The Bertz CT molecular complexity index is 1470. The molecule has 7 heteroatoms. The number of esters is 2. The average Bonchev–Trinajstić information content (AvgIpc) is 2.99. The second-order valence-corrected chi connectivity index (χ2v) is 10.3. The van der Waals surface area contributed by atoms with Crippen molar-refractivity contribution < 1.29 is 23.8 Å². The van der Waals surface area contributed by atoms with Crippen molar-refractivity contribution in [3.8, 4) is 6.07 Å². The molecule has 7 nitrogen and oxygen atoms in total. The van der Waals surface area contributed by atoms with Crippen LogP contribution in [-0.4, -0.2) is 32.4 Å². The Labute approximate surface area is 234 Å². The number of ether oxygens (including phenoxy) is 3. The van der Waals surface area contributed by atoms with Crippen molar-refractivity contribution in [2.24, 2.45) is 0 Å². The molecule has 204 valence electrons. The van der Waals surface area contributed by atoms with Gasteiger partial charge in [-0.15, -0.1) is 0 Å². The predicted octanol–water partition coefficient (Wildman–Crippen LogP) is 5.88. The van der Waals surface area contributed by atoms with Crippen LogP contribution in [0.2, 0.25) is 0 Å². The molecule has 1 aliphatic heterocycles. The fourth-order valence-electron chi connectivity index (χ4n) is 4.66. The molecule has 0 N–H and O–H groups in total. The Kier molecular flexibility index (Phi) is 8.22. The summed E-state index contributed by atoms with van der Waals surface area (Å²) in [6, 6.07) is 28.0. The fraction of sp³-hybridized carbons (Fsp3) is 0.242. The van der Waals surface area contributed by atoms with E-state index in [1.807, 2.05) is 60.7 Å². The molecule has 1 aliphatic rings. The van der Waals surface area contributed by atoms with E-state index in [9.17, 15) is 14.9 Å². The number of anilines is 1. The number of nitrogens with zero attached hydrogens (tertiary/aromatic N) is 2. The number of hydrogen-bond donors (Lipinski definition) is 0. The highest BCUT2D eigenvalue weighted by Gasteiger charge is 2.53. The summed E-state index contributed by atoms with van der Waals surface area (Å²) >= 11 is 0. The Morgan fingerprint density at radius 1 is 0.900 bits per heavy atom. The summed E-state index contributed by atoms with van der Waals surface area (Å²) in [5.74, 6) is -1.69. The Hall–Kier alpha value is -4.67. The van der Waals surface area contributed by atoms with Crippen LogP contribution in [0.15, 0.2) is 102 Å². The highest BCUT2D eigenvalue weighted by Crippen LogP contribution is 2.45. The van der Waals surface area contributed by atoms with E-state index < -0.39 is 23.8 Å². The summed E-state index contributed by atoms with van der Waals surface area (Å²) in [5, 5.41) is 10.7. The van der Waals surface area contributed by atoms with E-state index in [1.54, 1.807) is 41.3 Å². The van der Waals surface area contributed by atoms with Crippen molar-refractivity contribution in [1.82, 2.24) is 0 Å². The van der Waals surface area contributed by atoms with Crippen LogP contribution >= 0.6 is 0 Å². The van der Waals surface area contributed by atoms with Crippen LogP contribution in [0.4, 0.5) is 5.69 Å². The number of carbonyl (C=O) groups excluding carboxylic acids is 2. The Balaban J connectivity index is 2.05. The van der Waals surface area contributed by atoms with Crippen LogP contribution in [-0.2, 0) is 34.8 Å². The standard InChI is InChI=1S/C33H32N2O5/c1-32(2,3)24-17-19-26(20-18-24)35-27(21-16-23-12-8-6-9-13-23)40-33(22-34,25-14-10-7-11-15-25)28(30(36)38-4)29(35)31(37)39-5/h6-21,27H,1-5H3/b21-16+/t27?,33-/m1/s1. The first kappa shape index (κ1) is 28.3. The SMILES string of the molecule is COC(=O)C1=C(C(=O)OC)[C@@](C#N)(c2ccccc2)OC(/C=C/c2ccccc2)N1c1ccc(C(C)(C)C)cc1. The molecule has 3 aromatic rings. The van der Waals surface area contributed by atoms with Crippen LogP contribution in [0.1, 0.15) is 37.5 Å². The van der Waals surface area contributed by atoms with Crippen LogP contribution in [0, 0.1) is 11.3 Å². The molecule has 0 bridgehead atoms. The first-order valence-corrected chi connectivity index (χ1v) is 12.8. The zero-order valence-electron chi connectivity index (χ0n) is 23.3. The molecule has 3 aromatic carbocycles. The number of nitriles is 1. The number of carbonyl (C=O) groups is 2. The molecule has 2 atom stereocenters. The van der Waals surface area contributed by atoms with Gasteiger partial charge in [0, 0.05) is 11.3 Å². The predicted molar refractivity (Wildman–Crippen MR) is 153 cm³/mol. The van der Waals surface area contributed by atoms with Gasteiger partial charge >= 0.3 is 11.9 Å². The van der Waals surface area contributed by atoms with Crippen LogP contribution < -0.4 is 4.90 Å². The second kappa shape index (κ2) is 11.6. The summed E-state index contributed by atoms with van der Waals surface area (Å²) in [7, 11) is 2.42. The number of hydrogen-bond acceptors (Lipinski definition) is 7. The van der Waals surface area contributed by atoms with Crippen molar-refractivity contribution in [3.63, 3.8) is 0 Å². The zero-order valence-corrected chi connectivity index (χ0v) is 23.3. The maximum Gasteiger partial charge on any atom is 0.355 e. The summed E-state index contributed by atoms with van der Waals surface area (Å²) in [4.78, 5) is 28.5. The maximum absolute atomic E-state index is 13.5. The van der Waals surface area contributed by atoms with E-state index in [4.69, 9.17) is 14.2 Å². The van der Waals surface area contributed by atoms with Gasteiger partial charge in [-0.05, 0) is 34.8 Å². The third-order valence-electron chi connectivity index (χ3n) is 6.75. The Morgan fingerprint density at radius 2 is 1.48 bits per heavy atom. The van der Waals surface area contributed by atoms with Crippen LogP contribution in [0.25, 0.3) is 6.08 Å². The maximum atomic E-state index is 13.5. The van der Waals surface area contributed by atoms with Crippen LogP contribution in [0.5, 0.6) is 0 Å². The van der Waals surface area contributed by atoms with Crippen molar-refractivity contribution >= 4 is 23.7 Å². The zero-order chi connectivity index (χ0) is 28.9. The van der Waals surface area contributed by atoms with E-state index in [2.05, 4.69) is 26.8 Å². The highest BCUT2D eigenvalue weighted by molar-refractivity contribution is 6.05. The summed E-state index contributed by atoms with van der Waals surface area (Å²) in [6.45, 7) is 6.31. The molecule has 0 spiro atoms. The normalized spacial score (nSPS) is 19.3. The van der Waals surface area contributed by atoms with E-state index in [0.717, 1.165) is 11.1 Å². The summed E-state index contributed by atoms with van der Waals surface area (Å²) in [5.41, 5.74) is 0.433. The lowest BCUT2D eigenvalue weighted by Gasteiger charge is -2.44. The van der Waals surface area contributed by atoms with Gasteiger partial charge in [0.25, 0.3) is 0 Å². The highest BCUT2D eigenvalue weighted by atomic mass is 16.6. The molecule has 4 rings (SSSR count). The summed E-state index contributed by atoms with van der Waals surface area (Å²) < 4.78 is 16.9. The second-order valence-electron chi connectivity index (χ2n) is 10.3. The molecule has 0 saturated heterocycles. The van der Waals surface area contributed by atoms with E-state index >= 15 is 0 Å². The molecule has 0 fully saturated rings. The van der Waals surface area contributed by atoms with Gasteiger partial charge in [-0.1, -0.05) is 99.6 Å². The number of rotatable bonds is 6. The molecule has 0 saturated carbocycles. The molecule has 0 radical (unpaired) electrons. The Morgan fingerprint density at radius 3 is 2.00 bits per heavy atom. The minimum atomic E-state index is -1.97. The van der Waals surface area contributed by atoms with Gasteiger partial charge < -0.3 is 19.1 Å². The molecule has 0 amide bonds. The average molecular weight is 537 g/mol. The van der Waals surface area contributed by atoms with Gasteiger partial charge in [-0.25, -0.2) is 9.59 Å². The molecule has 1 heterocycles. The van der Waals surface area contributed by atoms with Crippen molar-refractivity contribution in [1.29, 1.82) is 5.26 Å². The van der Waals surface area contributed by atoms with Crippen molar-refractivity contribution in [2.45, 2.75) is 38.0 Å². The summed E-state index contributed by atoms with van der Waals surface area (Å²) in [6.07, 6.45) is 2.61. The monoisotopic (exact) mass is 536 g/mol. The molecular formula is C33H32N2O5. The third kappa shape index (κ3) is 5.40. The van der Waals surface area contributed by atoms with E-state index in [1.165, 1.54) is 14.2 Å². The van der Waals surface area contributed by atoms with E-state index in [-0.39, 0.29) is 16.7 Å². The lowest BCUT2D eigenvalue weighted by Crippen LogP contribution is -2.53. The quantitative estimate of drug-likeness (QED) is 0.364. The van der Waals surface area contributed by atoms with Gasteiger partial charge in [0.05, 0.1) is 14.2 Å². The largest absolute Gasteiger partial charge is 0.465 e. The van der Waals surface area contributed by atoms with Gasteiger partial charge in [-0.2, -0.15) is 5.26 Å². The van der Waals surface area contributed by atoms with E-state index in [0.29, 0.717) is 11.3 Å². The first-order valence-electron chi connectivity index (χ1n) is 12.8. The van der Waals surface area contributed by atoms with Crippen LogP contribution in [0.3, 0.4) is 0 Å². The van der Waals surface area contributed by atoms with Crippen molar-refractivity contribution in [3.05, 3.63) is 119 Å². The number of methoxy groups -OCH3 is 2. The topological polar surface area (TPSA) is 88.9 Å². The molecule has 0 aliphatic carbocycles. The smallest absolute Gasteiger partial charge is 0.355 e. The number of benzene rings is 3. The third-order valence-corrected chi connectivity index (χ3v) is 6.75. The van der Waals surface area contributed by atoms with Gasteiger partial charge in [0.1, 0.15) is 17.3 Å². The molecule has 1 unspecified atom stereocenters.